The zero-order valence-corrected chi connectivity index (χ0v) is 15.7. The van der Waals surface area contributed by atoms with Crippen LogP contribution in [0.1, 0.15) is 22.5 Å². The number of rotatable bonds is 6. The first-order valence-electron chi connectivity index (χ1n) is 8.28. The Hall–Kier alpha value is -2.70. The van der Waals surface area contributed by atoms with Crippen molar-refractivity contribution < 1.29 is 14.7 Å². The fourth-order valence-corrected chi connectivity index (χ4v) is 3.52. The summed E-state index contributed by atoms with van der Waals surface area (Å²) in [4.78, 5) is 26.3. The number of urea groups is 1. The van der Waals surface area contributed by atoms with E-state index in [4.69, 9.17) is 23.2 Å². The quantitative estimate of drug-likeness (QED) is 0.438. The summed E-state index contributed by atoms with van der Waals surface area (Å²) in [6.07, 6.45) is 0.989. The minimum absolute atomic E-state index is 0.0860. The number of aromatic carboxylic acids is 1. The molecular weight excluding hydrogens is 389 g/mol. The fourth-order valence-electron chi connectivity index (χ4n) is 2.91. The van der Waals surface area contributed by atoms with Gasteiger partial charge in [0.2, 0.25) is 0 Å². The van der Waals surface area contributed by atoms with Crippen LogP contribution in [0.3, 0.4) is 0 Å². The highest BCUT2D eigenvalue weighted by atomic mass is 35.5. The monoisotopic (exact) mass is 405 g/mol. The number of fused-ring (bicyclic) bond motifs is 1. The third-order valence-electron chi connectivity index (χ3n) is 4.05. The van der Waals surface area contributed by atoms with E-state index in [1.54, 1.807) is 24.3 Å². The number of para-hydroxylation sites is 1. The average Bonchev–Trinajstić information content (AvgIpc) is 2.98. The molecule has 1 heterocycles. The topological polar surface area (TPSA) is 94.2 Å². The summed E-state index contributed by atoms with van der Waals surface area (Å²) in [5, 5.41) is 16.4. The molecule has 0 aliphatic rings. The van der Waals surface area contributed by atoms with Crippen LogP contribution in [-0.4, -0.2) is 28.6 Å². The SMILES string of the molecule is O=C(NCCCc1c(C(=O)O)[nH]c2cc(Cl)cc(Cl)c12)Nc1ccccc1. The first-order valence-corrected chi connectivity index (χ1v) is 9.04. The number of hydrogen-bond acceptors (Lipinski definition) is 2. The van der Waals surface area contributed by atoms with E-state index in [0.717, 1.165) is 0 Å². The molecule has 0 atom stereocenters. The summed E-state index contributed by atoms with van der Waals surface area (Å²) in [6, 6.07) is 12.0. The maximum absolute atomic E-state index is 11.9. The molecule has 3 rings (SSSR count). The van der Waals surface area contributed by atoms with E-state index in [-0.39, 0.29) is 11.7 Å². The Morgan fingerprint density at radius 3 is 2.56 bits per heavy atom. The zero-order valence-electron chi connectivity index (χ0n) is 14.2. The Bertz CT molecular complexity index is 987. The van der Waals surface area contributed by atoms with Crippen LogP contribution in [0, 0.1) is 0 Å². The molecular formula is C19H17Cl2N3O3. The number of hydrogen-bond donors (Lipinski definition) is 4. The number of H-pyrrole nitrogens is 1. The molecule has 27 heavy (non-hydrogen) atoms. The summed E-state index contributed by atoms with van der Waals surface area (Å²) in [5.41, 5.74) is 1.96. The molecule has 0 spiro atoms. The van der Waals surface area contributed by atoms with Crippen molar-refractivity contribution in [2.75, 3.05) is 11.9 Å². The van der Waals surface area contributed by atoms with Gasteiger partial charge in [-0.05, 0) is 42.7 Å². The van der Waals surface area contributed by atoms with Gasteiger partial charge in [-0.25, -0.2) is 9.59 Å². The molecule has 6 nitrogen and oxygen atoms in total. The zero-order chi connectivity index (χ0) is 19.4. The van der Waals surface area contributed by atoms with Crippen LogP contribution in [0.4, 0.5) is 10.5 Å². The van der Waals surface area contributed by atoms with E-state index in [1.807, 2.05) is 18.2 Å². The second-order valence-corrected chi connectivity index (χ2v) is 6.79. The highest BCUT2D eigenvalue weighted by molar-refractivity contribution is 6.39. The van der Waals surface area contributed by atoms with Crippen molar-refractivity contribution in [2.24, 2.45) is 0 Å². The summed E-state index contributed by atoms with van der Waals surface area (Å²) in [7, 11) is 0. The predicted octanol–water partition coefficient (Wildman–Crippen LogP) is 4.93. The number of halogens is 2. The number of aromatic amines is 1. The highest BCUT2D eigenvalue weighted by Crippen LogP contribution is 2.33. The van der Waals surface area contributed by atoms with Gasteiger partial charge in [0.1, 0.15) is 5.69 Å². The number of carbonyl (C=O) groups excluding carboxylic acids is 1. The molecule has 0 saturated carbocycles. The molecule has 140 valence electrons. The second-order valence-electron chi connectivity index (χ2n) is 5.94. The van der Waals surface area contributed by atoms with Crippen molar-refractivity contribution in [3.8, 4) is 0 Å². The van der Waals surface area contributed by atoms with Crippen molar-refractivity contribution in [2.45, 2.75) is 12.8 Å². The Labute approximate surface area is 165 Å². The highest BCUT2D eigenvalue weighted by Gasteiger charge is 2.19. The molecule has 0 unspecified atom stereocenters. The van der Waals surface area contributed by atoms with E-state index in [1.165, 1.54) is 0 Å². The lowest BCUT2D eigenvalue weighted by atomic mass is 10.1. The van der Waals surface area contributed by atoms with Gasteiger partial charge in [-0.3, -0.25) is 0 Å². The van der Waals surface area contributed by atoms with Crippen LogP contribution in [0.5, 0.6) is 0 Å². The Morgan fingerprint density at radius 1 is 1.11 bits per heavy atom. The molecule has 0 aliphatic carbocycles. The van der Waals surface area contributed by atoms with Gasteiger partial charge in [0.25, 0.3) is 0 Å². The molecule has 1 aromatic heterocycles. The first kappa shape index (κ1) is 19.1. The van der Waals surface area contributed by atoms with Gasteiger partial charge in [0.05, 0.1) is 5.02 Å². The molecule has 3 aromatic rings. The molecule has 0 fully saturated rings. The number of benzene rings is 2. The molecule has 4 N–H and O–H groups in total. The lowest BCUT2D eigenvalue weighted by Crippen LogP contribution is -2.29. The molecule has 0 bridgehead atoms. The normalized spacial score (nSPS) is 10.7. The van der Waals surface area contributed by atoms with E-state index in [2.05, 4.69) is 15.6 Å². The van der Waals surface area contributed by atoms with Gasteiger partial charge < -0.3 is 20.7 Å². The summed E-state index contributed by atoms with van der Waals surface area (Å²) in [5.74, 6) is -1.07. The average molecular weight is 406 g/mol. The molecule has 2 aromatic carbocycles. The molecule has 2 amide bonds. The molecule has 8 heteroatoms. The maximum atomic E-state index is 11.9. The van der Waals surface area contributed by atoms with Gasteiger partial charge in [-0.2, -0.15) is 0 Å². The number of aromatic nitrogens is 1. The number of carboxylic acids is 1. The van der Waals surface area contributed by atoms with E-state index >= 15 is 0 Å². The third-order valence-corrected chi connectivity index (χ3v) is 4.57. The van der Waals surface area contributed by atoms with E-state index < -0.39 is 5.97 Å². The second kappa shape index (κ2) is 8.33. The van der Waals surface area contributed by atoms with Gasteiger partial charge in [0.15, 0.2) is 0 Å². The van der Waals surface area contributed by atoms with E-state index in [0.29, 0.717) is 51.6 Å². The molecule has 0 saturated heterocycles. The summed E-state index contributed by atoms with van der Waals surface area (Å²) >= 11 is 12.2. The predicted molar refractivity (Wildman–Crippen MR) is 107 cm³/mol. The van der Waals surface area contributed by atoms with Crippen molar-refractivity contribution in [1.82, 2.24) is 10.3 Å². The minimum Gasteiger partial charge on any atom is -0.477 e. The Balaban J connectivity index is 1.65. The van der Waals surface area contributed by atoms with Crippen LogP contribution in [-0.2, 0) is 6.42 Å². The van der Waals surface area contributed by atoms with Crippen molar-refractivity contribution in [3.63, 3.8) is 0 Å². The smallest absolute Gasteiger partial charge is 0.352 e. The van der Waals surface area contributed by atoms with E-state index in [9.17, 15) is 14.7 Å². The number of aryl methyl sites for hydroxylation is 1. The maximum Gasteiger partial charge on any atom is 0.352 e. The van der Waals surface area contributed by atoms with Gasteiger partial charge in [-0.1, -0.05) is 41.4 Å². The fraction of sp³-hybridized carbons (Fsp3) is 0.158. The largest absolute Gasteiger partial charge is 0.477 e. The Kier molecular flexibility index (Phi) is 5.88. The molecule has 0 radical (unpaired) electrons. The number of amides is 2. The van der Waals surface area contributed by atoms with Gasteiger partial charge in [-0.15, -0.1) is 0 Å². The summed E-state index contributed by atoms with van der Waals surface area (Å²) in [6.45, 7) is 0.385. The van der Waals surface area contributed by atoms with Crippen LogP contribution in [0.25, 0.3) is 10.9 Å². The van der Waals surface area contributed by atoms with Gasteiger partial charge in [0, 0.05) is 28.2 Å². The van der Waals surface area contributed by atoms with Gasteiger partial charge >= 0.3 is 12.0 Å². The number of carboxylic acid groups (broad SMARTS) is 1. The summed E-state index contributed by atoms with van der Waals surface area (Å²) < 4.78 is 0. The van der Waals surface area contributed by atoms with Crippen LogP contribution in [0.2, 0.25) is 10.0 Å². The minimum atomic E-state index is -1.07. The van der Waals surface area contributed by atoms with Crippen LogP contribution < -0.4 is 10.6 Å². The Morgan fingerprint density at radius 2 is 1.85 bits per heavy atom. The van der Waals surface area contributed by atoms with Crippen molar-refractivity contribution in [1.29, 1.82) is 0 Å². The molecule has 0 aliphatic heterocycles. The van der Waals surface area contributed by atoms with Crippen LogP contribution >= 0.6 is 23.2 Å². The standard InChI is InChI=1S/C19H17Cl2N3O3/c20-11-9-14(21)16-13(17(18(25)26)24-15(16)10-11)7-4-8-22-19(27)23-12-5-2-1-3-6-12/h1-3,5-6,9-10,24H,4,7-8H2,(H,25,26)(H2,22,23,27). The first-order chi connectivity index (χ1) is 13.0. The lowest BCUT2D eigenvalue weighted by molar-refractivity contribution is 0.0690. The number of carbonyl (C=O) groups is 2. The van der Waals surface area contributed by atoms with Crippen molar-refractivity contribution >= 4 is 51.8 Å². The number of nitrogens with one attached hydrogen (secondary N) is 3. The van der Waals surface area contributed by atoms with Crippen LogP contribution in [0.15, 0.2) is 42.5 Å². The number of anilines is 1. The lowest BCUT2D eigenvalue weighted by Gasteiger charge is -2.08. The third kappa shape index (κ3) is 4.53. The van der Waals surface area contributed by atoms with Crippen molar-refractivity contribution in [3.05, 3.63) is 63.8 Å².